The van der Waals surface area contributed by atoms with Gasteiger partial charge in [-0.25, -0.2) is 4.98 Å². The SMILES string of the molecule is CCCCCCCCC(=O)c1cccc(OCc2nc(-c3ccc(C(F)(F)F)cc3)oc2C)c1. The van der Waals surface area contributed by atoms with E-state index in [0.29, 0.717) is 34.8 Å². The molecule has 4 nitrogen and oxygen atoms in total. The molecule has 34 heavy (non-hydrogen) atoms. The Morgan fingerprint density at radius 3 is 2.41 bits per heavy atom. The summed E-state index contributed by atoms with van der Waals surface area (Å²) in [6.07, 6.45) is 2.90. The molecule has 0 fully saturated rings. The molecule has 0 saturated carbocycles. The molecule has 0 unspecified atom stereocenters. The first-order valence-corrected chi connectivity index (χ1v) is 11.7. The standard InChI is InChI=1S/C27H30F3NO3/c1-3-4-5-6-7-8-12-25(32)21-10-9-11-23(17-21)33-18-24-19(2)34-26(31-24)20-13-15-22(16-14-20)27(28,29)30/h9-11,13-17H,3-8,12,18H2,1-2H3. The highest BCUT2D eigenvalue weighted by Crippen LogP contribution is 2.31. The van der Waals surface area contributed by atoms with E-state index in [9.17, 15) is 18.0 Å². The quantitative estimate of drug-likeness (QED) is 0.197. The molecule has 0 saturated heterocycles. The number of carbonyl (C=O) groups excluding carboxylic acids is 1. The molecule has 0 atom stereocenters. The zero-order chi connectivity index (χ0) is 24.6. The second-order valence-electron chi connectivity index (χ2n) is 8.35. The Kier molecular flexibility index (Phi) is 8.91. The van der Waals surface area contributed by atoms with Gasteiger partial charge < -0.3 is 9.15 Å². The van der Waals surface area contributed by atoms with Gasteiger partial charge in [0.15, 0.2) is 5.78 Å². The number of unbranched alkanes of at least 4 members (excludes halogenated alkanes) is 5. The summed E-state index contributed by atoms with van der Waals surface area (Å²) < 4.78 is 49.8. The molecule has 2 aromatic carbocycles. The number of hydrogen-bond donors (Lipinski definition) is 0. The zero-order valence-electron chi connectivity index (χ0n) is 19.6. The maximum Gasteiger partial charge on any atom is 0.416 e. The van der Waals surface area contributed by atoms with E-state index in [2.05, 4.69) is 11.9 Å². The largest absolute Gasteiger partial charge is 0.487 e. The number of nitrogens with zero attached hydrogens (tertiary/aromatic N) is 1. The summed E-state index contributed by atoms with van der Waals surface area (Å²) in [6.45, 7) is 4.02. The van der Waals surface area contributed by atoms with E-state index >= 15 is 0 Å². The van der Waals surface area contributed by atoms with Crippen LogP contribution in [0.3, 0.4) is 0 Å². The predicted octanol–water partition coefficient (Wildman–Crippen LogP) is 8.18. The number of carbonyl (C=O) groups is 1. The van der Waals surface area contributed by atoms with Gasteiger partial charge in [-0.2, -0.15) is 13.2 Å². The molecule has 1 heterocycles. The number of aryl methyl sites for hydroxylation is 1. The number of ketones is 1. The summed E-state index contributed by atoms with van der Waals surface area (Å²) in [4.78, 5) is 16.9. The number of rotatable bonds is 12. The van der Waals surface area contributed by atoms with E-state index in [0.717, 1.165) is 31.4 Å². The molecule has 0 aliphatic heterocycles. The minimum absolute atomic E-state index is 0.100. The topological polar surface area (TPSA) is 52.3 Å². The number of aromatic nitrogens is 1. The summed E-state index contributed by atoms with van der Waals surface area (Å²) in [5.41, 5.74) is 0.880. The van der Waals surface area contributed by atoms with Crippen LogP contribution in [0.15, 0.2) is 52.9 Å². The normalized spacial score (nSPS) is 11.6. The number of Topliss-reactive ketones (excluding diaryl/α,β-unsaturated/α-hetero) is 1. The molecule has 0 bridgehead atoms. The molecule has 0 aliphatic carbocycles. The van der Waals surface area contributed by atoms with Gasteiger partial charge in [0.1, 0.15) is 23.8 Å². The van der Waals surface area contributed by atoms with Crippen LogP contribution in [0.4, 0.5) is 13.2 Å². The highest BCUT2D eigenvalue weighted by atomic mass is 19.4. The van der Waals surface area contributed by atoms with Gasteiger partial charge in [0.2, 0.25) is 5.89 Å². The van der Waals surface area contributed by atoms with Crippen LogP contribution >= 0.6 is 0 Å². The summed E-state index contributed by atoms with van der Waals surface area (Å²) in [5.74, 6) is 1.40. The Hall–Kier alpha value is -3.09. The smallest absolute Gasteiger partial charge is 0.416 e. The van der Waals surface area contributed by atoms with Gasteiger partial charge in [-0.1, -0.05) is 51.2 Å². The third-order valence-electron chi connectivity index (χ3n) is 5.64. The van der Waals surface area contributed by atoms with Crippen LogP contribution < -0.4 is 4.74 Å². The fourth-order valence-electron chi connectivity index (χ4n) is 3.61. The second kappa shape index (κ2) is 11.9. The van der Waals surface area contributed by atoms with E-state index in [1.54, 1.807) is 31.2 Å². The fraction of sp³-hybridized carbons (Fsp3) is 0.407. The van der Waals surface area contributed by atoms with Crippen molar-refractivity contribution >= 4 is 5.78 Å². The predicted molar refractivity (Wildman–Crippen MR) is 125 cm³/mol. The molecule has 182 valence electrons. The molecule has 0 N–H and O–H groups in total. The van der Waals surface area contributed by atoms with Crippen LogP contribution in [-0.2, 0) is 12.8 Å². The van der Waals surface area contributed by atoms with Crippen LogP contribution in [0, 0.1) is 6.92 Å². The minimum atomic E-state index is -4.39. The van der Waals surface area contributed by atoms with Crippen LogP contribution in [0.2, 0.25) is 0 Å². The van der Waals surface area contributed by atoms with Gasteiger partial charge in [-0.15, -0.1) is 0 Å². The molecule has 0 spiro atoms. The number of ether oxygens (including phenoxy) is 1. The highest BCUT2D eigenvalue weighted by molar-refractivity contribution is 5.96. The maximum absolute atomic E-state index is 12.8. The molecule has 0 aliphatic rings. The fourth-order valence-corrected chi connectivity index (χ4v) is 3.61. The van der Waals surface area contributed by atoms with Crippen LogP contribution in [0.5, 0.6) is 5.75 Å². The average Bonchev–Trinajstić information content (AvgIpc) is 3.20. The van der Waals surface area contributed by atoms with Gasteiger partial charge in [0, 0.05) is 17.5 Å². The first-order chi connectivity index (χ1) is 16.3. The number of alkyl halides is 3. The van der Waals surface area contributed by atoms with E-state index < -0.39 is 11.7 Å². The Labute approximate surface area is 198 Å². The average molecular weight is 474 g/mol. The molecule has 0 amide bonds. The summed E-state index contributed by atoms with van der Waals surface area (Å²) in [5, 5.41) is 0. The Bertz CT molecular complexity index is 1070. The number of hydrogen-bond acceptors (Lipinski definition) is 4. The molecule has 3 rings (SSSR count). The number of oxazole rings is 1. The Morgan fingerprint density at radius 2 is 1.71 bits per heavy atom. The first-order valence-electron chi connectivity index (χ1n) is 11.7. The number of benzene rings is 2. The third-order valence-corrected chi connectivity index (χ3v) is 5.64. The third kappa shape index (κ3) is 7.20. The second-order valence-corrected chi connectivity index (χ2v) is 8.35. The molecule has 1 aromatic heterocycles. The van der Waals surface area contributed by atoms with Gasteiger partial charge in [-0.3, -0.25) is 4.79 Å². The van der Waals surface area contributed by atoms with E-state index in [1.165, 1.54) is 31.4 Å². The van der Waals surface area contributed by atoms with Crippen molar-refractivity contribution in [2.45, 2.75) is 71.6 Å². The minimum Gasteiger partial charge on any atom is -0.487 e. The van der Waals surface area contributed by atoms with Crippen LogP contribution in [0.1, 0.15) is 79.2 Å². The van der Waals surface area contributed by atoms with Gasteiger partial charge in [0.05, 0.1) is 5.56 Å². The zero-order valence-corrected chi connectivity index (χ0v) is 19.6. The van der Waals surface area contributed by atoms with Gasteiger partial charge in [-0.05, 0) is 49.7 Å². The summed E-state index contributed by atoms with van der Waals surface area (Å²) in [7, 11) is 0. The van der Waals surface area contributed by atoms with Gasteiger partial charge in [0.25, 0.3) is 0 Å². The lowest BCUT2D eigenvalue weighted by molar-refractivity contribution is -0.137. The Balaban J connectivity index is 1.56. The lowest BCUT2D eigenvalue weighted by atomic mass is 10.0. The highest BCUT2D eigenvalue weighted by Gasteiger charge is 2.30. The van der Waals surface area contributed by atoms with Gasteiger partial charge >= 0.3 is 6.18 Å². The van der Waals surface area contributed by atoms with E-state index in [1.807, 2.05) is 0 Å². The summed E-state index contributed by atoms with van der Waals surface area (Å²) >= 11 is 0. The van der Waals surface area contributed by atoms with Crippen molar-refractivity contribution in [2.75, 3.05) is 0 Å². The number of halogens is 3. The molecular weight excluding hydrogens is 443 g/mol. The lowest BCUT2D eigenvalue weighted by Gasteiger charge is -2.07. The first kappa shape index (κ1) is 25.5. The van der Waals surface area contributed by atoms with Crippen molar-refractivity contribution in [2.24, 2.45) is 0 Å². The van der Waals surface area contributed by atoms with Crippen molar-refractivity contribution in [1.29, 1.82) is 0 Å². The molecule has 7 heteroatoms. The molecule has 3 aromatic rings. The van der Waals surface area contributed by atoms with Crippen molar-refractivity contribution < 1.29 is 27.1 Å². The van der Waals surface area contributed by atoms with Crippen molar-refractivity contribution in [3.05, 3.63) is 71.1 Å². The van der Waals surface area contributed by atoms with Crippen LogP contribution in [0.25, 0.3) is 11.5 Å². The van der Waals surface area contributed by atoms with Crippen molar-refractivity contribution in [1.82, 2.24) is 4.98 Å². The molecular formula is C27H30F3NO3. The van der Waals surface area contributed by atoms with E-state index in [-0.39, 0.29) is 18.3 Å². The Morgan fingerprint density at radius 1 is 1.00 bits per heavy atom. The van der Waals surface area contributed by atoms with Crippen molar-refractivity contribution in [3.8, 4) is 17.2 Å². The van der Waals surface area contributed by atoms with Crippen LogP contribution in [-0.4, -0.2) is 10.8 Å². The summed E-state index contributed by atoms with van der Waals surface area (Å²) in [6, 6.07) is 11.7. The van der Waals surface area contributed by atoms with Crippen molar-refractivity contribution in [3.63, 3.8) is 0 Å². The molecule has 0 radical (unpaired) electrons. The monoisotopic (exact) mass is 473 g/mol. The van der Waals surface area contributed by atoms with E-state index in [4.69, 9.17) is 9.15 Å². The lowest BCUT2D eigenvalue weighted by Crippen LogP contribution is -2.04. The maximum atomic E-state index is 12.8.